The van der Waals surface area contributed by atoms with E-state index in [-0.39, 0.29) is 0 Å². The van der Waals surface area contributed by atoms with Crippen LogP contribution in [0.5, 0.6) is 0 Å². The zero-order valence-corrected chi connectivity index (χ0v) is 16.0. The first kappa shape index (κ1) is 17.2. The Morgan fingerprint density at radius 1 is 1.29 bits per heavy atom. The molecule has 0 spiro atoms. The lowest BCUT2D eigenvalue weighted by atomic mass is 10.0. The molecule has 6 heteroatoms. The van der Waals surface area contributed by atoms with Gasteiger partial charge in [-0.2, -0.15) is 5.10 Å². The maximum Gasteiger partial charge on any atom is 0.0903 e. The van der Waals surface area contributed by atoms with E-state index in [1.54, 1.807) is 11.3 Å². The first-order chi connectivity index (χ1) is 11.7. The molecule has 1 atom stereocenters. The fraction of sp³-hybridized carbons (Fsp3) is 0.278. The molecule has 4 nitrogen and oxygen atoms in total. The molecule has 3 rings (SSSR count). The van der Waals surface area contributed by atoms with Gasteiger partial charge >= 0.3 is 0 Å². The molecule has 126 valence electrons. The van der Waals surface area contributed by atoms with Crippen molar-refractivity contribution in [1.29, 1.82) is 0 Å². The first-order valence-electron chi connectivity index (χ1n) is 7.95. The van der Waals surface area contributed by atoms with Crippen LogP contribution in [-0.2, 0) is 13.5 Å². The summed E-state index contributed by atoms with van der Waals surface area (Å²) in [7, 11) is 1.96. The number of thiophene rings is 1. The van der Waals surface area contributed by atoms with Gasteiger partial charge in [0.2, 0.25) is 0 Å². The van der Waals surface area contributed by atoms with E-state index in [2.05, 4.69) is 56.7 Å². The maximum absolute atomic E-state index is 5.81. The van der Waals surface area contributed by atoms with Crippen LogP contribution >= 0.6 is 27.3 Å². The Labute approximate surface area is 154 Å². The van der Waals surface area contributed by atoms with Crippen LogP contribution in [-0.4, -0.2) is 22.4 Å². The van der Waals surface area contributed by atoms with Crippen molar-refractivity contribution in [3.63, 3.8) is 0 Å². The fourth-order valence-corrected chi connectivity index (χ4v) is 4.65. The monoisotopic (exact) mass is 404 g/mol. The first-order valence-corrected chi connectivity index (χ1v) is 9.56. The van der Waals surface area contributed by atoms with E-state index in [1.807, 2.05) is 30.1 Å². The molecule has 0 saturated heterocycles. The number of hydrogen-bond acceptors (Lipinski definition) is 4. The molecule has 0 aliphatic heterocycles. The lowest BCUT2D eigenvalue weighted by Gasteiger charge is -2.18. The van der Waals surface area contributed by atoms with E-state index in [0.717, 1.165) is 28.0 Å². The molecule has 0 amide bonds. The van der Waals surface area contributed by atoms with Crippen LogP contribution in [0.25, 0.3) is 10.6 Å². The van der Waals surface area contributed by atoms with Crippen molar-refractivity contribution in [3.05, 3.63) is 58.7 Å². The molecule has 0 bridgehead atoms. The molecular weight excluding hydrogens is 384 g/mol. The predicted molar refractivity (Wildman–Crippen MR) is 105 cm³/mol. The third-order valence-corrected chi connectivity index (χ3v) is 5.90. The summed E-state index contributed by atoms with van der Waals surface area (Å²) in [4.78, 5) is 1.18. The molecule has 0 aliphatic rings. The zero-order chi connectivity index (χ0) is 16.9. The third kappa shape index (κ3) is 4.06. The second kappa shape index (κ2) is 7.96. The van der Waals surface area contributed by atoms with Crippen LogP contribution in [0.2, 0.25) is 0 Å². The minimum atomic E-state index is 0.322. The number of nitrogens with one attached hydrogen (secondary N) is 1. The standard InChI is InChI=1S/C18H21BrN4S/c1-23-16(8-10-21-23)18-15(19)12-17(24-18)22-14(7-9-20)11-13-5-3-2-4-6-13/h2-6,8,10,12,14,22H,7,9,11,20H2,1H3. The van der Waals surface area contributed by atoms with Crippen LogP contribution in [0, 0.1) is 0 Å². The third-order valence-electron chi connectivity index (χ3n) is 3.93. The second-order valence-electron chi connectivity index (χ2n) is 5.74. The summed E-state index contributed by atoms with van der Waals surface area (Å²) < 4.78 is 2.98. The highest BCUT2D eigenvalue weighted by Gasteiger charge is 2.15. The van der Waals surface area contributed by atoms with Crippen molar-refractivity contribution in [3.8, 4) is 10.6 Å². The lowest BCUT2D eigenvalue weighted by molar-refractivity contribution is 0.659. The van der Waals surface area contributed by atoms with Gasteiger partial charge in [-0.3, -0.25) is 4.68 Å². The number of nitrogens with zero attached hydrogens (tertiary/aromatic N) is 2. The van der Waals surface area contributed by atoms with Crippen molar-refractivity contribution in [2.45, 2.75) is 18.9 Å². The van der Waals surface area contributed by atoms with Crippen molar-refractivity contribution >= 4 is 32.3 Å². The highest BCUT2D eigenvalue weighted by Crippen LogP contribution is 2.39. The van der Waals surface area contributed by atoms with Crippen LogP contribution in [0.3, 0.4) is 0 Å². The van der Waals surface area contributed by atoms with Crippen LogP contribution in [0.1, 0.15) is 12.0 Å². The van der Waals surface area contributed by atoms with Gasteiger partial charge in [-0.1, -0.05) is 30.3 Å². The number of halogens is 1. The number of nitrogens with two attached hydrogens (primary N) is 1. The van der Waals surface area contributed by atoms with Gasteiger partial charge in [-0.05, 0) is 53.0 Å². The Hall–Kier alpha value is -1.63. The normalized spacial score (nSPS) is 12.3. The Balaban J connectivity index is 1.77. The van der Waals surface area contributed by atoms with Gasteiger partial charge in [0.15, 0.2) is 0 Å². The number of anilines is 1. The minimum absolute atomic E-state index is 0.322. The van der Waals surface area contributed by atoms with Gasteiger partial charge in [-0.25, -0.2) is 0 Å². The number of benzene rings is 1. The minimum Gasteiger partial charge on any atom is -0.374 e. The predicted octanol–water partition coefficient (Wildman–Crippen LogP) is 4.28. The van der Waals surface area contributed by atoms with E-state index >= 15 is 0 Å². The highest BCUT2D eigenvalue weighted by molar-refractivity contribution is 9.10. The molecule has 1 unspecified atom stereocenters. The summed E-state index contributed by atoms with van der Waals surface area (Å²) in [6.07, 6.45) is 3.72. The lowest BCUT2D eigenvalue weighted by Crippen LogP contribution is -2.25. The van der Waals surface area contributed by atoms with Crippen molar-refractivity contribution < 1.29 is 0 Å². The van der Waals surface area contributed by atoms with E-state index in [4.69, 9.17) is 5.73 Å². The Bertz CT molecular complexity index is 781. The molecular formula is C18H21BrN4S. The molecule has 2 aromatic heterocycles. The van der Waals surface area contributed by atoms with Gasteiger partial charge in [0.25, 0.3) is 0 Å². The van der Waals surface area contributed by atoms with Crippen molar-refractivity contribution in [2.75, 3.05) is 11.9 Å². The molecule has 3 N–H and O–H groups in total. The molecule has 1 aromatic carbocycles. The summed E-state index contributed by atoms with van der Waals surface area (Å²) in [5.74, 6) is 0. The Morgan fingerprint density at radius 2 is 2.08 bits per heavy atom. The molecule has 3 aromatic rings. The van der Waals surface area contributed by atoms with E-state index in [1.165, 1.54) is 10.4 Å². The molecule has 24 heavy (non-hydrogen) atoms. The Morgan fingerprint density at radius 3 is 2.75 bits per heavy atom. The SMILES string of the molecule is Cn1nccc1-c1sc(NC(CCN)Cc2ccccc2)cc1Br. The summed E-state index contributed by atoms with van der Waals surface area (Å²) in [5, 5.41) is 9.05. The average molecular weight is 405 g/mol. The molecule has 0 radical (unpaired) electrons. The highest BCUT2D eigenvalue weighted by atomic mass is 79.9. The zero-order valence-electron chi connectivity index (χ0n) is 13.6. The van der Waals surface area contributed by atoms with Crippen molar-refractivity contribution in [1.82, 2.24) is 9.78 Å². The fourth-order valence-electron chi connectivity index (χ4n) is 2.74. The van der Waals surface area contributed by atoms with Crippen LogP contribution in [0.4, 0.5) is 5.00 Å². The number of aromatic nitrogens is 2. The summed E-state index contributed by atoms with van der Waals surface area (Å²) in [5.41, 5.74) is 8.25. The number of aryl methyl sites for hydroxylation is 1. The summed E-state index contributed by atoms with van der Waals surface area (Å²) in [6.45, 7) is 0.672. The molecule has 0 saturated carbocycles. The molecule has 2 heterocycles. The van der Waals surface area contributed by atoms with Gasteiger partial charge in [0.05, 0.1) is 15.6 Å². The van der Waals surface area contributed by atoms with Gasteiger partial charge in [-0.15, -0.1) is 11.3 Å². The Kier molecular flexibility index (Phi) is 5.71. The second-order valence-corrected chi connectivity index (χ2v) is 7.64. The number of hydrogen-bond donors (Lipinski definition) is 2. The van der Waals surface area contributed by atoms with Gasteiger partial charge in [0, 0.05) is 23.8 Å². The van der Waals surface area contributed by atoms with Crippen LogP contribution in [0.15, 0.2) is 53.1 Å². The number of rotatable bonds is 7. The summed E-state index contributed by atoms with van der Waals surface area (Å²) in [6, 6.07) is 15.0. The summed E-state index contributed by atoms with van der Waals surface area (Å²) >= 11 is 5.41. The van der Waals surface area contributed by atoms with E-state index in [9.17, 15) is 0 Å². The smallest absolute Gasteiger partial charge is 0.0903 e. The van der Waals surface area contributed by atoms with E-state index in [0.29, 0.717) is 12.6 Å². The largest absolute Gasteiger partial charge is 0.374 e. The quantitative estimate of drug-likeness (QED) is 0.617. The topological polar surface area (TPSA) is 55.9 Å². The van der Waals surface area contributed by atoms with Gasteiger partial charge in [0.1, 0.15) is 0 Å². The van der Waals surface area contributed by atoms with Gasteiger partial charge < -0.3 is 11.1 Å². The molecule has 0 fully saturated rings. The average Bonchev–Trinajstić information content (AvgIpc) is 3.14. The molecule has 0 aliphatic carbocycles. The maximum atomic E-state index is 5.81. The van der Waals surface area contributed by atoms with Crippen LogP contribution < -0.4 is 11.1 Å². The van der Waals surface area contributed by atoms with Crippen molar-refractivity contribution in [2.24, 2.45) is 12.8 Å². The van der Waals surface area contributed by atoms with E-state index < -0.39 is 0 Å².